The molecule has 9 nitrogen and oxygen atoms in total. The maximum atomic E-state index is 13.7. The molecule has 3 rings (SSSR count). The molecule has 160 valence electrons. The SMILES string of the molecule is COc1ccc(/C=N/NC(=O)c2cnn(-c3ccc([N+](=O)[O-])cc3)c2C(F)(F)F)cc1. The second kappa shape index (κ2) is 8.65. The average Bonchev–Trinajstić information content (AvgIpc) is 3.20. The minimum Gasteiger partial charge on any atom is -0.497 e. The Labute approximate surface area is 172 Å². The number of hydrogen-bond donors (Lipinski definition) is 1. The molecular formula is C19H14F3N5O4. The number of carbonyl (C=O) groups is 1. The van der Waals surface area contributed by atoms with Crippen LogP contribution in [-0.2, 0) is 6.18 Å². The maximum Gasteiger partial charge on any atom is 0.434 e. The van der Waals surface area contributed by atoms with E-state index in [2.05, 4.69) is 10.2 Å². The molecule has 0 aliphatic rings. The lowest BCUT2D eigenvalue weighted by molar-refractivity contribution is -0.384. The lowest BCUT2D eigenvalue weighted by atomic mass is 10.2. The molecular weight excluding hydrogens is 419 g/mol. The Balaban J connectivity index is 1.85. The minimum absolute atomic E-state index is 0.0984. The molecule has 0 atom stereocenters. The van der Waals surface area contributed by atoms with E-state index in [-0.39, 0.29) is 11.4 Å². The molecule has 1 amide bonds. The highest BCUT2D eigenvalue weighted by Crippen LogP contribution is 2.34. The minimum atomic E-state index is -4.93. The van der Waals surface area contributed by atoms with Gasteiger partial charge in [0.25, 0.3) is 11.6 Å². The molecule has 1 N–H and O–H groups in total. The topological polar surface area (TPSA) is 112 Å². The third kappa shape index (κ3) is 4.86. The van der Waals surface area contributed by atoms with Crippen molar-refractivity contribution >= 4 is 17.8 Å². The van der Waals surface area contributed by atoms with Crippen molar-refractivity contribution in [1.82, 2.24) is 15.2 Å². The van der Waals surface area contributed by atoms with Crippen LogP contribution in [0.3, 0.4) is 0 Å². The molecule has 0 unspecified atom stereocenters. The molecule has 3 aromatic rings. The molecule has 12 heteroatoms. The number of methoxy groups -OCH3 is 1. The predicted octanol–water partition coefficient (Wildman–Crippen LogP) is 3.57. The zero-order valence-corrected chi connectivity index (χ0v) is 15.8. The number of benzene rings is 2. The van der Waals surface area contributed by atoms with Gasteiger partial charge in [-0.2, -0.15) is 23.4 Å². The molecule has 0 aliphatic carbocycles. The Bertz CT molecular complexity index is 1120. The number of nitrogens with zero attached hydrogens (tertiary/aromatic N) is 4. The molecule has 0 saturated heterocycles. The fourth-order valence-electron chi connectivity index (χ4n) is 2.61. The van der Waals surface area contributed by atoms with E-state index in [0.717, 1.165) is 30.5 Å². The van der Waals surface area contributed by atoms with Crippen LogP contribution in [0.1, 0.15) is 21.6 Å². The summed E-state index contributed by atoms with van der Waals surface area (Å²) in [6.07, 6.45) is -2.92. The number of ether oxygens (including phenoxy) is 1. The van der Waals surface area contributed by atoms with Gasteiger partial charge in [0.15, 0.2) is 5.69 Å². The number of halogens is 3. The molecule has 2 aromatic carbocycles. The van der Waals surface area contributed by atoms with E-state index in [1.807, 2.05) is 5.43 Å². The predicted molar refractivity (Wildman–Crippen MR) is 103 cm³/mol. The lowest BCUT2D eigenvalue weighted by Gasteiger charge is -2.12. The van der Waals surface area contributed by atoms with Crippen LogP contribution < -0.4 is 10.2 Å². The molecule has 0 fully saturated rings. The van der Waals surface area contributed by atoms with E-state index in [1.54, 1.807) is 24.3 Å². The second-order valence-electron chi connectivity index (χ2n) is 6.06. The summed E-state index contributed by atoms with van der Waals surface area (Å²) in [5.41, 5.74) is 0.135. The van der Waals surface area contributed by atoms with Crippen LogP contribution >= 0.6 is 0 Å². The van der Waals surface area contributed by atoms with Crippen molar-refractivity contribution in [2.24, 2.45) is 5.10 Å². The molecule has 1 heterocycles. The van der Waals surface area contributed by atoms with Crippen LogP contribution in [0, 0.1) is 10.1 Å². The first-order valence-electron chi connectivity index (χ1n) is 8.58. The number of hydrazone groups is 1. The van der Waals surface area contributed by atoms with Gasteiger partial charge in [-0.1, -0.05) is 0 Å². The van der Waals surface area contributed by atoms with Crippen molar-refractivity contribution in [3.8, 4) is 11.4 Å². The number of nitro groups is 1. The third-order valence-corrected chi connectivity index (χ3v) is 4.08. The summed E-state index contributed by atoms with van der Waals surface area (Å²) in [6.45, 7) is 0. The Hall–Kier alpha value is -4.22. The number of amides is 1. The molecule has 0 radical (unpaired) electrons. The molecule has 0 bridgehead atoms. The fraction of sp³-hybridized carbons (Fsp3) is 0.105. The van der Waals surface area contributed by atoms with E-state index >= 15 is 0 Å². The summed E-state index contributed by atoms with van der Waals surface area (Å²) in [7, 11) is 1.50. The van der Waals surface area contributed by atoms with Crippen molar-refractivity contribution in [2.75, 3.05) is 7.11 Å². The number of hydrogen-bond acceptors (Lipinski definition) is 6. The number of non-ortho nitro benzene ring substituents is 1. The van der Waals surface area contributed by atoms with Crippen LogP contribution in [0.15, 0.2) is 59.8 Å². The maximum absolute atomic E-state index is 13.7. The van der Waals surface area contributed by atoms with Crippen molar-refractivity contribution in [3.63, 3.8) is 0 Å². The summed E-state index contributed by atoms with van der Waals surface area (Å²) in [6, 6.07) is 10.9. The molecule has 0 aliphatic heterocycles. The Morgan fingerprint density at radius 3 is 2.39 bits per heavy atom. The van der Waals surface area contributed by atoms with Crippen LogP contribution in [0.25, 0.3) is 5.69 Å². The average molecular weight is 433 g/mol. The van der Waals surface area contributed by atoms with Crippen molar-refractivity contribution in [3.05, 3.63) is 81.7 Å². The van der Waals surface area contributed by atoms with Crippen LogP contribution in [0.4, 0.5) is 18.9 Å². The highest BCUT2D eigenvalue weighted by Gasteiger charge is 2.40. The zero-order valence-electron chi connectivity index (χ0n) is 15.8. The van der Waals surface area contributed by atoms with Crippen molar-refractivity contribution in [1.29, 1.82) is 0 Å². The first kappa shape index (κ1) is 21.5. The van der Waals surface area contributed by atoms with Gasteiger partial charge in [0, 0.05) is 12.1 Å². The van der Waals surface area contributed by atoms with Gasteiger partial charge in [0.1, 0.15) is 5.75 Å². The Morgan fingerprint density at radius 2 is 1.84 bits per heavy atom. The number of rotatable bonds is 6. The first-order chi connectivity index (χ1) is 14.7. The molecule has 0 saturated carbocycles. The van der Waals surface area contributed by atoms with Gasteiger partial charge < -0.3 is 4.74 Å². The number of nitrogens with one attached hydrogen (secondary N) is 1. The number of alkyl halides is 3. The van der Waals surface area contributed by atoms with Crippen LogP contribution in [-0.4, -0.2) is 33.9 Å². The summed E-state index contributed by atoms with van der Waals surface area (Å²) < 4.78 is 46.5. The van der Waals surface area contributed by atoms with Gasteiger partial charge in [-0.05, 0) is 42.0 Å². The van der Waals surface area contributed by atoms with Crippen LogP contribution in [0.5, 0.6) is 5.75 Å². The highest BCUT2D eigenvalue weighted by molar-refractivity contribution is 5.96. The van der Waals surface area contributed by atoms with Crippen molar-refractivity contribution < 1.29 is 27.6 Å². The lowest BCUT2D eigenvalue weighted by Crippen LogP contribution is -2.23. The van der Waals surface area contributed by atoms with E-state index in [1.165, 1.54) is 13.3 Å². The largest absolute Gasteiger partial charge is 0.497 e. The van der Waals surface area contributed by atoms with E-state index < -0.39 is 28.3 Å². The van der Waals surface area contributed by atoms with E-state index in [9.17, 15) is 28.1 Å². The Morgan fingerprint density at radius 1 is 1.19 bits per heavy atom. The second-order valence-corrected chi connectivity index (χ2v) is 6.06. The van der Waals surface area contributed by atoms with Gasteiger partial charge in [0.05, 0.1) is 35.7 Å². The fourth-order valence-corrected chi connectivity index (χ4v) is 2.61. The summed E-state index contributed by atoms with van der Waals surface area (Å²) >= 11 is 0. The first-order valence-corrected chi connectivity index (χ1v) is 8.58. The number of carbonyl (C=O) groups excluding carboxylic acids is 1. The monoisotopic (exact) mass is 433 g/mol. The summed E-state index contributed by atoms with van der Waals surface area (Å²) in [5.74, 6) is -0.514. The number of nitro benzene ring substituents is 1. The summed E-state index contributed by atoms with van der Waals surface area (Å²) in [5, 5.41) is 18.0. The van der Waals surface area contributed by atoms with Crippen molar-refractivity contribution in [2.45, 2.75) is 6.18 Å². The van der Waals surface area contributed by atoms with Gasteiger partial charge >= 0.3 is 6.18 Å². The van der Waals surface area contributed by atoms with Crippen LogP contribution in [0.2, 0.25) is 0 Å². The number of aromatic nitrogens is 2. The summed E-state index contributed by atoms with van der Waals surface area (Å²) in [4.78, 5) is 22.4. The van der Waals surface area contributed by atoms with Gasteiger partial charge in [-0.25, -0.2) is 10.1 Å². The van der Waals surface area contributed by atoms with Gasteiger partial charge in [-0.3, -0.25) is 14.9 Å². The highest BCUT2D eigenvalue weighted by atomic mass is 19.4. The normalized spacial score (nSPS) is 11.5. The quantitative estimate of drug-likeness (QED) is 0.363. The van der Waals surface area contributed by atoms with E-state index in [4.69, 9.17) is 4.74 Å². The third-order valence-electron chi connectivity index (χ3n) is 4.08. The zero-order chi connectivity index (χ0) is 22.6. The molecule has 31 heavy (non-hydrogen) atoms. The van der Waals surface area contributed by atoms with E-state index in [0.29, 0.717) is 16.0 Å². The standard InChI is InChI=1S/C19H14F3N5O4/c1-31-15-8-2-12(3-9-15)10-23-25-18(28)16-11-24-26(17(16)19(20,21)22)13-4-6-14(7-5-13)27(29)30/h2-11H,1H3,(H,25,28)/b23-10+. The molecule has 1 aromatic heterocycles. The smallest absolute Gasteiger partial charge is 0.434 e. The van der Waals surface area contributed by atoms with Gasteiger partial charge in [-0.15, -0.1) is 0 Å². The Kier molecular flexibility index (Phi) is 6.00. The molecule has 0 spiro atoms. The van der Waals surface area contributed by atoms with Gasteiger partial charge in [0.2, 0.25) is 0 Å².